The number of fused-ring (bicyclic) bond motifs is 2. The molecule has 1 spiro atoms. The number of hydrogen-bond acceptors (Lipinski definition) is 4. The first-order valence-electron chi connectivity index (χ1n) is 5.56. The zero-order valence-electron chi connectivity index (χ0n) is 8.62. The van der Waals surface area contributed by atoms with Crippen molar-refractivity contribution >= 4 is 5.96 Å². The summed E-state index contributed by atoms with van der Waals surface area (Å²) in [4.78, 5) is 12.4. The second kappa shape index (κ2) is 2.86. The highest BCUT2D eigenvalue weighted by molar-refractivity contribution is 5.82. The minimum atomic E-state index is -0.0537. The van der Waals surface area contributed by atoms with Crippen LogP contribution in [0.5, 0.6) is 0 Å². The molecule has 0 bridgehead atoms. The molecule has 1 N–H and O–H groups in total. The minimum absolute atomic E-state index is 0.0537. The molecule has 1 saturated heterocycles. The third kappa shape index (κ3) is 1.06. The maximum absolute atomic E-state index is 5.74. The molecular formula is C10H17N3O. The molecule has 0 aromatic rings. The van der Waals surface area contributed by atoms with Crippen LogP contribution in [0, 0.1) is 5.92 Å². The fourth-order valence-corrected chi connectivity index (χ4v) is 2.71. The van der Waals surface area contributed by atoms with Gasteiger partial charge in [0.1, 0.15) is 0 Å². The molecule has 2 heterocycles. The lowest BCUT2D eigenvalue weighted by molar-refractivity contribution is -0.137. The zero-order valence-corrected chi connectivity index (χ0v) is 8.62. The van der Waals surface area contributed by atoms with Gasteiger partial charge in [0.05, 0.1) is 6.54 Å². The molecular weight excluding hydrogens is 178 g/mol. The fraction of sp³-hybridized carbons (Fsp3) is 0.900. The summed E-state index contributed by atoms with van der Waals surface area (Å²) in [5, 5.41) is 0. The largest absolute Gasteiger partial charge is 0.309 e. The summed E-state index contributed by atoms with van der Waals surface area (Å²) in [6, 6.07) is 0. The Kier molecular flexibility index (Phi) is 1.74. The van der Waals surface area contributed by atoms with Crippen LogP contribution in [0.2, 0.25) is 0 Å². The van der Waals surface area contributed by atoms with Gasteiger partial charge in [0, 0.05) is 6.54 Å². The van der Waals surface area contributed by atoms with Crippen LogP contribution in [0.4, 0.5) is 0 Å². The molecule has 0 atom stereocenters. The lowest BCUT2D eigenvalue weighted by atomic mass is 9.84. The molecule has 2 aliphatic heterocycles. The van der Waals surface area contributed by atoms with E-state index in [9.17, 15) is 0 Å². The van der Waals surface area contributed by atoms with Gasteiger partial charge in [-0.25, -0.2) is 15.3 Å². The third-order valence-corrected chi connectivity index (χ3v) is 3.72. The van der Waals surface area contributed by atoms with E-state index in [0.29, 0.717) is 0 Å². The number of hydrogen-bond donors (Lipinski definition) is 1. The highest BCUT2D eigenvalue weighted by atomic mass is 16.7. The molecule has 3 rings (SSSR count). The molecule has 1 aliphatic carbocycles. The summed E-state index contributed by atoms with van der Waals surface area (Å²) < 4.78 is 0. The number of nitrogens with one attached hydrogen (secondary N) is 1. The third-order valence-electron chi connectivity index (χ3n) is 3.72. The summed E-state index contributed by atoms with van der Waals surface area (Å²) >= 11 is 0. The SMILES string of the molecule is CC1CCC2(CC1)ONC1=NCCN12. The summed E-state index contributed by atoms with van der Waals surface area (Å²) in [5.41, 5.74) is 2.92. The zero-order chi connectivity index (χ0) is 9.60. The lowest BCUT2D eigenvalue weighted by Gasteiger charge is -2.39. The second-order valence-corrected chi connectivity index (χ2v) is 4.69. The molecule has 4 nitrogen and oxygen atoms in total. The van der Waals surface area contributed by atoms with E-state index in [0.717, 1.165) is 37.8 Å². The molecule has 0 amide bonds. The van der Waals surface area contributed by atoms with Gasteiger partial charge in [-0.2, -0.15) is 0 Å². The van der Waals surface area contributed by atoms with Crippen molar-refractivity contribution in [3.05, 3.63) is 0 Å². The monoisotopic (exact) mass is 195 g/mol. The van der Waals surface area contributed by atoms with Crippen LogP contribution in [0.1, 0.15) is 32.6 Å². The summed E-state index contributed by atoms with van der Waals surface area (Å²) in [5.74, 6) is 1.81. The average molecular weight is 195 g/mol. The number of nitrogens with zero attached hydrogens (tertiary/aromatic N) is 2. The summed E-state index contributed by atoms with van der Waals surface area (Å²) in [7, 11) is 0. The molecule has 14 heavy (non-hydrogen) atoms. The quantitative estimate of drug-likeness (QED) is 0.629. The first kappa shape index (κ1) is 8.53. The minimum Gasteiger partial charge on any atom is -0.309 e. The van der Waals surface area contributed by atoms with Gasteiger partial charge >= 0.3 is 0 Å². The number of aliphatic imine (C=N–C) groups is 1. The Bertz CT molecular complexity index is 269. The topological polar surface area (TPSA) is 36.9 Å². The molecule has 0 unspecified atom stereocenters. The van der Waals surface area contributed by atoms with Crippen LogP contribution in [-0.4, -0.2) is 29.7 Å². The van der Waals surface area contributed by atoms with E-state index in [1.54, 1.807) is 0 Å². The lowest BCUT2D eigenvalue weighted by Crippen LogP contribution is -2.48. The maximum Gasteiger partial charge on any atom is 0.220 e. The van der Waals surface area contributed by atoms with E-state index in [1.165, 1.54) is 12.8 Å². The molecule has 0 aromatic heterocycles. The molecule has 3 aliphatic rings. The van der Waals surface area contributed by atoms with E-state index in [1.807, 2.05) is 0 Å². The van der Waals surface area contributed by atoms with Gasteiger partial charge in [-0.1, -0.05) is 6.92 Å². The number of rotatable bonds is 0. The molecule has 78 valence electrons. The maximum atomic E-state index is 5.74. The van der Waals surface area contributed by atoms with E-state index >= 15 is 0 Å². The van der Waals surface area contributed by atoms with Gasteiger partial charge in [0.15, 0.2) is 5.72 Å². The van der Waals surface area contributed by atoms with Gasteiger partial charge in [-0.05, 0) is 31.6 Å². The van der Waals surface area contributed by atoms with Crippen molar-refractivity contribution < 1.29 is 4.84 Å². The first-order chi connectivity index (χ1) is 6.80. The fourth-order valence-electron chi connectivity index (χ4n) is 2.71. The average Bonchev–Trinajstić information content (AvgIpc) is 2.75. The van der Waals surface area contributed by atoms with Gasteiger partial charge in [-0.3, -0.25) is 0 Å². The number of hydroxylamine groups is 1. The normalized spacial score (nSPS) is 41.1. The summed E-state index contributed by atoms with van der Waals surface area (Å²) in [6.45, 7) is 4.27. The van der Waals surface area contributed by atoms with E-state index in [-0.39, 0.29) is 5.72 Å². The Morgan fingerprint density at radius 3 is 3.07 bits per heavy atom. The van der Waals surface area contributed by atoms with E-state index < -0.39 is 0 Å². The Labute approximate surface area is 84.3 Å². The predicted octanol–water partition coefficient (Wildman–Crippen LogP) is 1.10. The van der Waals surface area contributed by atoms with Crippen molar-refractivity contribution in [2.75, 3.05) is 13.1 Å². The highest BCUT2D eigenvalue weighted by Gasteiger charge is 2.48. The van der Waals surface area contributed by atoms with Crippen LogP contribution >= 0.6 is 0 Å². The first-order valence-corrected chi connectivity index (χ1v) is 5.56. The molecule has 2 fully saturated rings. The van der Waals surface area contributed by atoms with Crippen molar-refractivity contribution in [3.63, 3.8) is 0 Å². The van der Waals surface area contributed by atoms with Crippen LogP contribution in [-0.2, 0) is 4.84 Å². The molecule has 0 aromatic carbocycles. The Morgan fingerprint density at radius 2 is 2.29 bits per heavy atom. The van der Waals surface area contributed by atoms with Crippen LogP contribution < -0.4 is 5.48 Å². The Balaban J connectivity index is 1.81. The van der Waals surface area contributed by atoms with Crippen LogP contribution in [0.15, 0.2) is 4.99 Å². The molecule has 4 heteroatoms. The highest BCUT2D eigenvalue weighted by Crippen LogP contribution is 2.40. The second-order valence-electron chi connectivity index (χ2n) is 4.69. The number of guanidine groups is 1. The standard InChI is InChI=1S/C10H17N3O/c1-8-2-4-10(5-3-8)13-7-6-11-9(13)12-14-10/h8H,2-7H2,1H3,(H,11,12). The van der Waals surface area contributed by atoms with Crippen molar-refractivity contribution in [3.8, 4) is 0 Å². The van der Waals surface area contributed by atoms with Crippen molar-refractivity contribution in [2.45, 2.75) is 38.3 Å². The van der Waals surface area contributed by atoms with E-state index in [4.69, 9.17) is 4.84 Å². The van der Waals surface area contributed by atoms with Crippen molar-refractivity contribution in [2.24, 2.45) is 10.9 Å². The van der Waals surface area contributed by atoms with E-state index in [2.05, 4.69) is 22.3 Å². The van der Waals surface area contributed by atoms with Gasteiger partial charge in [0.2, 0.25) is 5.96 Å². The van der Waals surface area contributed by atoms with Gasteiger partial charge in [-0.15, -0.1) is 0 Å². The molecule has 1 saturated carbocycles. The Morgan fingerprint density at radius 1 is 1.50 bits per heavy atom. The smallest absolute Gasteiger partial charge is 0.220 e. The Hall–Kier alpha value is -0.770. The van der Waals surface area contributed by atoms with Crippen molar-refractivity contribution in [1.82, 2.24) is 10.4 Å². The van der Waals surface area contributed by atoms with Gasteiger partial charge < -0.3 is 4.90 Å². The molecule has 0 radical (unpaired) electrons. The van der Waals surface area contributed by atoms with Crippen LogP contribution in [0.25, 0.3) is 0 Å². The predicted molar refractivity (Wildman–Crippen MR) is 53.6 cm³/mol. The summed E-state index contributed by atoms with van der Waals surface area (Å²) in [6.07, 6.45) is 4.82. The van der Waals surface area contributed by atoms with Gasteiger partial charge in [0.25, 0.3) is 0 Å². The van der Waals surface area contributed by atoms with Crippen LogP contribution in [0.3, 0.4) is 0 Å². The van der Waals surface area contributed by atoms with Crippen molar-refractivity contribution in [1.29, 1.82) is 0 Å².